The summed E-state index contributed by atoms with van der Waals surface area (Å²) in [7, 11) is 0. The molecule has 2 heterocycles. The summed E-state index contributed by atoms with van der Waals surface area (Å²) >= 11 is 0. The number of piperazine rings is 1. The molecule has 1 aliphatic rings. The molecule has 0 saturated carbocycles. The summed E-state index contributed by atoms with van der Waals surface area (Å²) in [6, 6.07) is 1.86. The van der Waals surface area contributed by atoms with Crippen molar-refractivity contribution in [3.05, 3.63) is 18.5 Å². The predicted molar refractivity (Wildman–Crippen MR) is 92.4 cm³/mol. The minimum Gasteiger partial charge on any atom is -0.338 e. The Morgan fingerprint density at radius 2 is 1.65 bits per heavy atom. The third kappa shape index (κ3) is 4.81. The number of amides is 2. The summed E-state index contributed by atoms with van der Waals surface area (Å²) in [5, 5.41) is 3.11. The Labute approximate surface area is 139 Å². The molecule has 6 nitrogen and oxygen atoms in total. The summed E-state index contributed by atoms with van der Waals surface area (Å²) in [5.74, 6) is 2.40. The molecule has 1 N–H and O–H groups in total. The van der Waals surface area contributed by atoms with Gasteiger partial charge >= 0.3 is 6.03 Å². The zero-order chi connectivity index (χ0) is 16.8. The molecule has 0 atom stereocenters. The maximum atomic E-state index is 12.4. The van der Waals surface area contributed by atoms with Gasteiger partial charge in [0.15, 0.2) is 0 Å². The molecule has 1 fully saturated rings. The quantitative estimate of drug-likeness (QED) is 0.904. The normalized spacial score (nSPS) is 15.6. The summed E-state index contributed by atoms with van der Waals surface area (Å²) in [6.45, 7) is 12.6. The molecule has 128 valence electrons. The molecule has 23 heavy (non-hydrogen) atoms. The molecule has 1 aromatic heterocycles. The summed E-state index contributed by atoms with van der Waals surface area (Å²) in [4.78, 5) is 24.9. The van der Waals surface area contributed by atoms with Crippen LogP contribution in [0, 0.1) is 17.8 Å². The molecule has 0 aliphatic carbocycles. The van der Waals surface area contributed by atoms with Gasteiger partial charge in [-0.2, -0.15) is 0 Å². The van der Waals surface area contributed by atoms with Crippen LogP contribution < -0.4 is 10.2 Å². The van der Waals surface area contributed by atoms with E-state index in [1.165, 1.54) is 0 Å². The van der Waals surface area contributed by atoms with Crippen molar-refractivity contribution in [3.8, 4) is 0 Å². The van der Waals surface area contributed by atoms with Crippen LogP contribution >= 0.6 is 0 Å². The first-order valence-corrected chi connectivity index (χ1v) is 8.53. The van der Waals surface area contributed by atoms with Gasteiger partial charge in [-0.25, -0.2) is 14.8 Å². The minimum atomic E-state index is 0.0462. The van der Waals surface area contributed by atoms with Crippen molar-refractivity contribution < 1.29 is 4.79 Å². The highest BCUT2D eigenvalue weighted by Crippen LogP contribution is 2.19. The van der Waals surface area contributed by atoms with Gasteiger partial charge in [-0.1, -0.05) is 27.7 Å². The van der Waals surface area contributed by atoms with Crippen molar-refractivity contribution in [3.63, 3.8) is 0 Å². The third-order valence-electron chi connectivity index (χ3n) is 4.60. The SMILES string of the molecule is CC(C)C(CNC(=O)N1CCN(c2ncccn2)CC1)C(C)C. The smallest absolute Gasteiger partial charge is 0.317 e. The van der Waals surface area contributed by atoms with Gasteiger partial charge in [-0.15, -0.1) is 0 Å². The second-order valence-electron chi connectivity index (χ2n) is 6.86. The van der Waals surface area contributed by atoms with Gasteiger partial charge in [-0.3, -0.25) is 0 Å². The molecule has 0 unspecified atom stereocenters. The number of hydrogen-bond donors (Lipinski definition) is 1. The van der Waals surface area contributed by atoms with E-state index in [0.29, 0.717) is 30.8 Å². The van der Waals surface area contributed by atoms with Crippen LogP contribution in [0.3, 0.4) is 0 Å². The Morgan fingerprint density at radius 3 is 2.17 bits per heavy atom. The van der Waals surface area contributed by atoms with Gasteiger partial charge in [0.25, 0.3) is 0 Å². The van der Waals surface area contributed by atoms with Crippen molar-refractivity contribution >= 4 is 12.0 Å². The van der Waals surface area contributed by atoms with Crippen LogP contribution in [-0.2, 0) is 0 Å². The van der Waals surface area contributed by atoms with Crippen molar-refractivity contribution in [1.82, 2.24) is 20.2 Å². The Morgan fingerprint density at radius 1 is 1.09 bits per heavy atom. The number of anilines is 1. The van der Waals surface area contributed by atoms with E-state index in [1.807, 2.05) is 11.0 Å². The van der Waals surface area contributed by atoms with Gasteiger partial charge in [0.05, 0.1) is 0 Å². The second kappa shape index (κ2) is 8.13. The lowest BCUT2D eigenvalue weighted by Crippen LogP contribution is -2.53. The van der Waals surface area contributed by atoms with Crippen LogP contribution in [0.4, 0.5) is 10.7 Å². The van der Waals surface area contributed by atoms with Crippen LogP contribution in [0.15, 0.2) is 18.5 Å². The first-order valence-electron chi connectivity index (χ1n) is 8.53. The lowest BCUT2D eigenvalue weighted by atomic mass is 9.85. The molecule has 1 aliphatic heterocycles. The fourth-order valence-corrected chi connectivity index (χ4v) is 3.12. The zero-order valence-corrected chi connectivity index (χ0v) is 14.7. The van der Waals surface area contributed by atoms with Crippen LogP contribution in [0.2, 0.25) is 0 Å². The highest BCUT2D eigenvalue weighted by molar-refractivity contribution is 5.74. The van der Waals surface area contributed by atoms with Crippen molar-refractivity contribution in [2.75, 3.05) is 37.6 Å². The molecule has 0 aromatic carbocycles. The van der Waals surface area contributed by atoms with Gasteiger partial charge < -0.3 is 15.1 Å². The Bertz CT molecular complexity index is 475. The fourth-order valence-electron chi connectivity index (χ4n) is 3.12. The molecule has 0 radical (unpaired) electrons. The lowest BCUT2D eigenvalue weighted by Gasteiger charge is -2.35. The predicted octanol–water partition coefficient (Wildman–Crippen LogP) is 2.24. The van der Waals surface area contributed by atoms with E-state index in [1.54, 1.807) is 12.4 Å². The monoisotopic (exact) mass is 319 g/mol. The van der Waals surface area contributed by atoms with Crippen LogP contribution in [-0.4, -0.2) is 53.6 Å². The molecular weight excluding hydrogens is 290 g/mol. The average molecular weight is 319 g/mol. The topological polar surface area (TPSA) is 61.4 Å². The molecule has 2 rings (SSSR count). The van der Waals surface area contributed by atoms with Crippen LogP contribution in [0.5, 0.6) is 0 Å². The van der Waals surface area contributed by atoms with Crippen molar-refractivity contribution in [2.24, 2.45) is 17.8 Å². The van der Waals surface area contributed by atoms with E-state index in [9.17, 15) is 4.79 Å². The van der Waals surface area contributed by atoms with Gasteiger partial charge in [-0.05, 0) is 23.8 Å². The number of nitrogens with zero attached hydrogens (tertiary/aromatic N) is 4. The summed E-state index contributed by atoms with van der Waals surface area (Å²) in [5.41, 5.74) is 0. The largest absolute Gasteiger partial charge is 0.338 e. The fraction of sp³-hybridized carbons (Fsp3) is 0.706. The lowest BCUT2D eigenvalue weighted by molar-refractivity contribution is 0.186. The highest BCUT2D eigenvalue weighted by Gasteiger charge is 2.24. The molecular formula is C17H29N5O. The maximum absolute atomic E-state index is 12.4. The minimum absolute atomic E-state index is 0.0462. The molecule has 1 saturated heterocycles. The number of aromatic nitrogens is 2. The number of carbonyl (C=O) groups is 1. The summed E-state index contributed by atoms with van der Waals surface area (Å²) in [6.07, 6.45) is 3.50. The van der Waals surface area contributed by atoms with E-state index < -0.39 is 0 Å². The van der Waals surface area contributed by atoms with E-state index in [-0.39, 0.29) is 6.03 Å². The molecule has 6 heteroatoms. The Kier molecular flexibility index (Phi) is 6.19. The first kappa shape index (κ1) is 17.5. The number of urea groups is 1. The number of carbonyl (C=O) groups excluding carboxylic acids is 1. The summed E-state index contributed by atoms with van der Waals surface area (Å²) < 4.78 is 0. The number of rotatable bonds is 5. The van der Waals surface area contributed by atoms with E-state index >= 15 is 0 Å². The Hall–Kier alpha value is -1.85. The van der Waals surface area contributed by atoms with E-state index in [2.05, 4.69) is 47.9 Å². The van der Waals surface area contributed by atoms with Crippen molar-refractivity contribution in [2.45, 2.75) is 27.7 Å². The van der Waals surface area contributed by atoms with E-state index in [4.69, 9.17) is 0 Å². The average Bonchev–Trinajstić information content (AvgIpc) is 2.55. The van der Waals surface area contributed by atoms with E-state index in [0.717, 1.165) is 25.6 Å². The van der Waals surface area contributed by atoms with Gasteiger partial charge in [0.1, 0.15) is 0 Å². The standard InChI is InChI=1S/C17H29N5O/c1-13(2)15(14(3)4)12-20-17(23)22-10-8-21(9-11-22)16-18-6-5-7-19-16/h5-7,13-15H,8-12H2,1-4H3,(H,20,23). The second-order valence-corrected chi connectivity index (χ2v) is 6.86. The Balaban J connectivity index is 1.79. The zero-order valence-electron chi connectivity index (χ0n) is 14.7. The van der Waals surface area contributed by atoms with Crippen LogP contribution in [0.25, 0.3) is 0 Å². The van der Waals surface area contributed by atoms with Crippen LogP contribution in [0.1, 0.15) is 27.7 Å². The third-order valence-corrected chi connectivity index (χ3v) is 4.60. The molecule has 0 spiro atoms. The van der Waals surface area contributed by atoms with Gasteiger partial charge in [0.2, 0.25) is 5.95 Å². The molecule has 2 amide bonds. The first-order chi connectivity index (χ1) is 11.0. The number of nitrogens with one attached hydrogen (secondary N) is 1. The maximum Gasteiger partial charge on any atom is 0.317 e. The molecule has 1 aromatic rings. The number of hydrogen-bond acceptors (Lipinski definition) is 4. The molecule has 0 bridgehead atoms. The van der Waals surface area contributed by atoms with Gasteiger partial charge in [0, 0.05) is 45.1 Å². The highest BCUT2D eigenvalue weighted by atomic mass is 16.2. The van der Waals surface area contributed by atoms with Crippen molar-refractivity contribution in [1.29, 1.82) is 0 Å².